The molecule has 1 aromatic carbocycles. The summed E-state index contributed by atoms with van der Waals surface area (Å²) < 4.78 is 18.4. The molecule has 1 fully saturated rings. The Balaban J connectivity index is 1.75. The van der Waals surface area contributed by atoms with Gasteiger partial charge in [-0.25, -0.2) is 4.39 Å². The third-order valence-electron chi connectivity index (χ3n) is 3.59. The second kappa shape index (κ2) is 7.29. The lowest BCUT2D eigenvalue weighted by molar-refractivity contribution is -0.153. The first-order valence-corrected chi connectivity index (χ1v) is 8.46. The van der Waals surface area contributed by atoms with Crippen LogP contribution in [0.5, 0.6) is 0 Å². The van der Waals surface area contributed by atoms with Crippen molar-refractivity contribution < 1.29 is 18.7 Å². The Morgan fingerprint density at radius 1 is 1.46 bits per heavy atom. The summed E-state index contributed by atoms with van der Waals surface area (Å²) in [6.45, 7) is 0.414. The van der Waals surface area contributed by atoms with Gasteiger partial charge >= 0.3 is 0 Å². The standard InChI is InChI=1S/C16H14ClFN2O3S/c17-12-6-10(3-4-13(12)18)19-16(22)14-8-23-9-15(21)20(14)7-11-2-1-5-24-11/h1-6,14H,7-9H2,(H,19,22)/t14-/m0/s1. The number of ether oxygens (including phenoxy) is 1. The second-order valence-electron chi connectivity index (χ2n) is 5.25. The number of nitrogens with zero attached hydrogens (tertiary/aromatic N) is 1. The van der Waals surface area contributed by atoms with Crippen molar-refractivity contribution in [1.82, 2.24) is 4.90 Å². The monoisotopic (exact) mass is 368 g/mol. The predicted molar refractivity (Wildman–Crippen MR) is 89.5 cm³/mol. The van der Waals surface area contributed by atoms with Crippen LogP contribution >= 0.6 is 22.9 Å². The van der Waals surface area contributed by atoms with Crippen molar-refractivity contribution in [1.29, 1.82) is 0 Å². The maximum atomic E-state index is 13.2. The van der Waals surface area contributed by atoms with Gasteiger partial charge in [0.1, 0.15) is 18.5 Å². The van der Waals surface area contributed by atoms with E-state index in [9.17, 15) is 14.0 Å². The molecule has 2 aromatic rings. The van der Waals surface area contributed by atoms with E-state index in [-0.39, 0.29) is 24.1 Å². The lowest BCUT2D eigenvalue weighted by Crippen LogP contribution is -2.54. The summed E-state index contributed by atoms with van der Waals surface area (Å²) in [6.07, 6.45) is 0. The maximum Gasteiger partial charge on any atom is 0.249 e. The van der Waals surface area contributed by atoms with Crippen molar-refractivity contribution >= 4 is 40.4 Å². The van der Waals surface area contributed by atoms with Gasteiger partial charge in [0.25, 0.3) is 0 Å². The number of nitrogens with one attached hydrogen (secondary N) is 1. The van der Waals surface area contributed by atoms with Crippen LogP contribution in [0, 0.1) is 5.82 Å². The molecule has 1 atom stereocenters. The van der Waals surface area contributed by atoms with E-state index in [4.69, 9.17) is 16.3 Å². The molecule has 1 aliphatic heterocycles. The number of anilines is 1. The second-order valence-corrected chi connectivity index (χ2v) is 6.69. The van der Waals surface area contributed by atoms with Crippen molar-refractivity contribution in [2.45, 2.75) is 12.6 Å². The molecule has 2 amide bonds. The van der Waals surface area contributed by atoms with Crippen LogP contribution in [-0.4, -0.2) is 36.0 Å². The van der Waals surface area contributed by atoms with E-state index >= 15 is 0 Å². The number of thiophene rings is 1. The molecular weight excluding hydrogens is 355 g/mol. The summed E-state index contributed by atoms with van der Waals surface area (Å²) in [5.41, 5.74) is 0.362. The average molecular weight is 369 g/mol. The van der Waals surface area contributed by atoms with Gasteiger partial charge in [0.15, 0.2) is 0 Å². The number of halogens is 2. The van der Waals surface area contributed by atoms with Crippen LogP contribution in [0.4, 0.5) is 10.1 Å². The third kappa shape index (κ3) is 3.75. The normalized spacial score (nSPS) is 17.8. The molecule has 2 heterocycles. The number of amides is 2. The largest absolute Gasteiger partial charge is 0.369 e. The average Bonchev–Trinajstić information content (AvgIpc) is 3.06. The number of hydrogen-bond donors (Lipinski definition) is 1. The fourth-order valence-electron chi connectivity index (χ4n) is 2.39. The van der Waals surface area contributed by atoms with Crippen molar-refractivity contribution in [2.75, 3.05) is 18.5 Å². The van der Waals surface area contributed by atoms with Crippen LogP contribution in [0.1, 0.15) is 4.88 Å². The number of morpholine rings is 1. The minimum Gasteiger partial charge on any atom is -0.369 e. The number of carbonyl (C=O) groups excluding carboxylic acids is 2. The van der Waals surface area contributed by atoms with Gasteiger partial charge in [-0.2, -0.15) is 0 Å². The van der Waals surface area contributed by atoms with Crippen molar-refractivity contribution in [3.05, 3.63) is 51.4 Å². The molecule has 0 aliphatic carbocycles. The summed E-state index contributed by atoms with van der Waals surface area (Å²) in [7, 11) is 0. The van der Waals surface area contributed by atoms with Crippen molar-refractivity contribution in [3.63, 3.8) is 0 Å². The molecule has 0 unspecified atom stereocenters. The zero-order valence-electron chi connectivity index (χ0n) is 12.5. The van der Waals surface area contributed by atoms with Crippen molar-refractivity contribution in [3.8, 4) is 0 Å². The summed E-state index contributed by atoms with van der Waals surface area (Å²) in [4.78, 5) is 27.1. The minimum absolute atomic E-state index is 0.0441. The van der Waals surface area contributed by atoms with Gasteiger partial charge in [-0.15, -0.1) is 11.3 Å². The first kappa shape index (κ1) is 16.9. The van der Waals surface area contributed by atoms with Gasteiger partial charge in [0.05, 0.1) is 18.2 Å². The third-order valence-corrected chi connectivity index (χ3v) is 4.74. The number of carbonyl (C=O) groups is 2. The van der Waals surface area contributed by atoms with Crippen LogP contribution in [0.3, 0.4) is 0 Å². The lowest BCUT2D eigenvalue weighted by Gasteiger charge is -2.34. The first-order valence-electron chi connectivity index (χ1n) is 7.20. The Morgan fingerprint density at radius 3 is 3.00 bits per heavy atom. The van der Waals surface area contributed by atoms with E-state index in [1.54, 1.807) is 0 Å². The Bertz CT molecular complexity index is 754. The smallest absolute Gasteiger partial charge is 0.249 e. The fourth-order valence-corrected chi connectivity index (χ4v) is 3.27. The Morgan fingerprint density at radius 2 is 2.29 bits per heavy atom. The summed E-state index contributed by atoms with van der Waals surface area (Å²) in [5, 5.41) is 4.48. The van der Waals surface area contributed by atoms with Crippen LogP contribution in [0.15, 0.2) is 35.7 Å². The van der Waals surface area contributed by atoms with Gasteiger partial charge in [-0.3, -0.25) is 9.59 Å². The number of benzene rings is 1. The van der Waals surface area contributed by atoms with Gasteiger partial charge in [0, 0.05) is 10.6 Å². The van der Waals surface area contributed by atoms with E-state index < -0.39 is 17.8 Å². The highest BCUT2D eigenvalue weighted by Crippen LogP contribution is 2.21. The summed E-state index contributed by atoms with van der Waals surface area (Å²) in [6, 6.07) is 6.95. The number of hydrogen-bond acceptors (Lipinski definition) is 4. The maximum absolute atomic E-state index is 13.2. The summed E-state index contributed by atoms with van der Waals surface area (Å²) >= 11 is 7.23. The quantitative estimate of drug-likeness (QED) is 0.902. The van der Waals surface area contributed by atoms with Crippen LogP contribution in [-0.2, 0) is 20.9 Å². The van der Waals surface area contributed by atoms with E-state index in [0.717, 1.165) is 4.88 Å². The minimum atomic E-state index is -0.753. The van der Waals surface area contributed by atoms with Crippen LogP contribution < -0.4 is 5.32 Å². The molecule has 1 aromatic heterocycles. The highest BCUT2D eigenvalue weighted by Gasteiger charge is 2.34. The highest BCUT2D eigenvalue weighted by molar-refractivity contribution is 7.09. The molecular formula is C16H14ClFN2O3S. The first-order chi connectivity index (χ1) is 11.5. The number of rotatable bonds is 4. The topological polar surface area (TPSA) is 58.6 Å². The SMILES string of the molecule is O=C(Nc1ccc(F)c(Cl)c1)[C@@H]1COCC(=O)N1Cc1cccs1. The van der Waals surface area contributed by atoms with Gasteiger partial charge < -0.3 is 15.0 Å². The molecule has 24 heavy (non-hydrogen) atoms. The molecule has 126 valence electrons. The van der Waals surface area contributed by atoms with Crippen LogP contribution in [0.2, 0.25) is 5.02 Å². The zero-order valence-corrected chi connectivity index (χ0v) is 14.1. The Hall–Kier alpha value is -1.96. The van der Waals surface area contributed by atoms with Crippen molar-refractivity contribution in [2.24, 2.45) is 0 Å². The van der Waals surface area contributed by atoms with E-state index in [1.807, 2.05) is 17.5 Å². The lowest BCUT2D eigenvalue weighted by atomic mass is 10.2. The predicted octanol–water partition coefficient (Wildman–Crippen LogP) is 2.91. The van der Waals surface area contributed by atoms with E-state index in [1.165, 1.54) is 34.4 Å². The Kier molecular flexibility index (Phi) is 5.13. The van der Waals surface area contributed by atoms with E-state index in [0.29, 0.717) is 12.2 Å². The molecule has 8 heteroatoms. The Labute approximate surface area is 147 Å². The molecule has 1 N–H and O–H groups in total. The highest BCUT2D eigenvalue weighted by atomic mass is 35.5. The van der Waals surface area contributed by atoms with Gasteiger partial charge in [0.2, 0.25) is 11.8 Å². The molecule has 0 bridgehead atoms. The summed E-state index contributed by atoms with van der Waals surface area (Å²) in [5.74, 6) is -1.21. The van der Waals surface area contributed by atoms with Gasteiger partial charge in [-0.1, -0.05) is 17.7 Å². The van der Waals surface area contributed by atoms with Gasteiger partial charge in [-0.05, 0) is 29.6 Å². The molecule has 0 radical (unpaired) electrons. The zero-order chi connectivity index (χ0) is 17.1. The molecule has 0 spiro atoms. The van der Waals surface area contributed by atoms with Crippen LogP contribution in [0.25, 0.3) is 0 Å². The van der Waals surface area contributed by atoms with E-state index in [2.05, 4.69) is 5.32 Å². The molecule has 1 aliphatic rings. The molecule has 0 saturated carbocycles. The fraction of sp³-hybridized carbons (Fsp3) is 0.250. The molecule has 5 nitrogen and oxygen atoms in total. The molecule has 3 rings (SSSR count). The molecule has 1 saturated heterocycles.